The molecule has 0 aromatic rings. The predicted molar refractivity (Wildman–Crippen MR) is 54.6 cm³/mol. The zero-order chi connectivity index (χ0) is 8.81. The second kappa shape index (κ2) is 5.61. The number of rotatable bonds is 4. The molecule has 1 saturated carbocycles. The Labute approximate surface area is 77.7 Å². The van der Waals surface area contributed by atoms with Gasteiger partial charge in [-0.25, -0.2) is 0 Å². The van der Waals surface area contributed by atoms with Crippen molar-refractivity contribution in [3.05, 3.63) is 13.3 Å². The highest BCUT2D eigenvalue weighted by molar-refractivity contribution is 4.79. The van der Waals surface area contributed by atoms with Crippen molar-refractivity contribution >= 4 is 0 Å². The van der Waals surface area contributed by atoms with Crippen LogP contribution in [0.25, 0.3) is 0 Å². The fraction of sp³-hybridized carbons (Fsp3) is 0.833. The van der Waals surface area contributed by atoms with Crippen molar-refractivity contribution in [2.24, 2.45) is 11.8 Å². The van der Waals surface area contributed by atoms with Gasteiger partial charge in [0.2, 0.25) is 0 Å². The van der Waals surface area contributed by atoms with Crippen LogP contribution in [0.3, 0.4) is 0 Å². The molecule has 0 aliphatic heterocycles. The maximum Gasteiger partial charge on any atom is -0.0355 e. The highest BCUT2D eigenvalue weighted by atomic mass is 14.2. The molecular weight excluding hydrogens is 144 g/mol. The van der Waals surface area contributed by atoms with Crippen LogP contribution in [0.15, 0.2) is 0 Å². The van der Waals surface area contributed by atoms with Gasteiger partial charge in [0.25, 0.3) is 0 Å². The summed E-state index contributed by atoms with van der Waals surface area (Å²) in [5.41, 5.74) is 0. The van der Waals surface area contributed by atoms with E-state index < -0.39 is 0 Å². The Morgan fingerprint density at radius 3 is 2.58 bits per heavy atom. The first-order valence-electron chi connectivity index (χ1n) is 5.45. The van der Waals surface area contributed by atoms with Crippen LogP contribution >= 0.6 is 0 Å². The molecule has 1 fully saturated rings. The summed E-state index contributed by atoms with van der Waals surface area (Å²) in [6.07, 6.45) is 12.4. The van der Waals surface area contributed by atoms with Gasteiger partial charge in [-0.05, 0) is 24.7 Å². The SMILES string of the molecule is [CH2]C(C)CC[CH]C1CCCCC1. The van der Waals surface area contributed by atoms with Gasteiger partial charge in [-0.15, -0.1) is 0 Å². The number of hydrogen-bond acceptors (Lipinski definition) is 0. The maximum atomic E-state index is 4.00. The molecule has 0 bridgehead atoms. The zero-order valence-corrected chi connectivity index (χ0v) is 8.39. The molecule has 0 amide bonds. The number of hydrogen-bond donors (Lipinski definition) is 0. The van der Waals surface area contributed by atoms with Crippen molar-refractivity contribution < 1.29 is 0 Å². The Morgan fingerprint density at radius 2 is 2.00 bits per heavy atom. The Kier molecular flexibility index (Phi) is 4.72. The summed E-state index contributed by atoms with van der Waals surface area (Å²) < 4.78 is 0. The molecule has 70 valence electrons. The smallest absolute Gasteiger partial charge is 0.0355 e. The lowest BCUT2D eigenvalue weighted by Crippen LogP contribution is -2.07. The van der Waals surface area contributed by atoms with Crippen LogP contribution in [0.4, 0.5) is 0 Å². The topological polar surface area (TPSA) is 0 Å². The summed E-state index contributed by atoms with van der Waals surface area (Å²) in [5.74, 6) is 1.57. The van der Waals surface area contributed by atoms with Crippen LogP contribution in [0.2, 0.25) is 0 Å². The molecule has 1 atom stereocenters. The molecule has 1 unspecified atom stereocenters. The van der Waals surface area contributed by atoms with Gasteiger partial charge >= 0.3 is 0 Å². The van der Waals surface area contributed by atoms with E-state index in [1.54, 1.807) is 0 Å². The van der Waals surface area contributed by atoms with E-state index in [0.29, 0.717) is 5.92 Å². The normalized spacial score (nSPS) is 20.2. The Hall–Kier alpha value is 0. The molecule has 0 spiro atoms. The van der Waals surface area contributed by atoms with Crippen LogP contribution < -0.4 is 0 Å². The summed E-state index contributed by atoms with van der Waals surface area (Å²) in [5, 5.41) is 0. The lowest BCUT2D eigenvalue weighted by molar-refractivity contribution is 0.385. The molecule has 0 heterocycles. The van der Waals surface area contributed by atoms with E-state index in [1.807, 2.05) is 0 Å². The summed E-state index contributed by atoms with van der Waals surface area (Å²) in [6.45, 7) is 6.20. The van der Waals surface area contributed by atoms with Crippen LogP contribution in [-0.4, -0.2) is 0 Å². The minimum absolute atomic E-state index is 0.629. The van der Waals surface area contributed by atoms with Crippen molar-refractivity contribution in [3.63, 3.8) is 0 Å². The molecule has 0 aromatic carbocycles. The lowest BCUT2D eigenvalue weighted by Gasteiger charge is -2.21. The summed E-state index contributed by atoms with van der Waals surface area (Å²) in [4.78, 5) is 0. The Morgan fingerprint density at radius 1 is 1.33 bits per heavy atom. The average molecular weight is 166 g/mol. The molecule has 0 heteroatoms. The van der Waals surface area contributed by atoms with E-state index >= 15 is 0 Å². The van der Waals surface area contributed by atoms with Crippen LogP contribution in [0, 0.1) is 25.2 Å². The summed E-state index contributed by atoms with van der Waals surface area (Å²) >= 11 is 0. The molecule has 2 radical (unpaired) electrons. The predicted octanol–water partition coefficient (Wildman–Crippen LogP) is 4.02. The van der Waals surface area contributed by atoms with Crippen molar-refractivity contribution in [3.8, 4) is 0 Å². The monoisotopic (exact) mass is 166 g/mol. The third kappa shape index (κ3) is 4.13. The highest BCUT2D eigenvalue weighted by Gasteiger charge is 2.12. The fourth-order valence-electron chi connectivity index (χ4n) is 1.99. The van der Waals surface area contributed by atoms with Crippen molar-refractivity contribution in [1.29, 1.82) is 0 Å². The van der Waals surface area contributed by atoms with Crippen molar-refractivity contribution in [1.82, 2.24) is 0 Å². The van der Waals surface area contributed by atoms with Crippen molar-refractivity contribution in [2.75, 3.05) is 0 Å². The van der Waals surface area contributed by atoms with Crippen LogP contribution in [0.5, 0.6) is 0 Å². The van der Waals surface area contributed by atoms with Gasteiger partial charge < -0.3 is 0 Å². The maximum absolute atomic E-state index is 4.00. The highest BCUT2D eigenvalue weighted by Crippen LogP contribution is 2.27. The van der Waals surface area contributed by atoms with Gasteiger partial charge in [0.15, 0.2) is 0 Å². The third-order valence-corrected chi connectivity index (χ3v) is 2.81. The standard InChI is InChI=1S/C12H22/c1-11(2)7-6-10-12-8-4-3-5-9-12/h10-12H,1,3-9H2,2H3. The lowest BCUT2D eigenvalue weighted by atomic mass is 9.85. The summed E-state index contributed by atoms with van der Waals surface area (Å²) in [7, 11) is 0. The molecule has 1 rings (SSSR count). The summed E-state index contributed by atoms with van der Waals surface area (Å²) in [6, 6.07) is 0. The second-order valence-corrected chi connectivity index (χ2v) is 4.32. The molecule has 12 heavy (non-hydrogen) atoms. The van der Waals surface area contributed by atoms with E-state index in [9.17, 15) is 0 Å². The van der Waals surface area contributed by atoms with Gasteiger partial charge in [-0.3, -0.25) is 0 Å². The molecule has 0 aromatic heterocycles. The second-order valence-electron chi connectivity index (χ2n) is 4.32. The van der Waals surface area contributed by atoms with E-state index in [-0.39, 0.29) is 0 Å². The first-order valence-corrected chi connectivity index (χ1v) is 5.45. The van der Waals surface area contributed by atoms with E-state index in [4.69, 9.17) is 0 Å². The molecule has 1 aliphatic rings. The van der Waals surface area contributed by atoms with Crippen LogP contribution in [0.1, 0.15) is 51.9 Å². The van der Waals surface area contributed by atoms with E-state index in [1.165, 1.54) is 44.9 Å². The molecule has 0 nitrogen and oxygen atoms in total. The van der Waals surface area contributed by atoms with Crippen LogP contribution in [-0.2, 0) is 0 Å². The van der Waals surface area contributed by atoms with Gasteiger partial charge in [-0.1, -0.05) is 52.4 Å². The first-order chi connectivity index (χ1) is 5.79. The van der Waals surface area contributed by atoms with E-state index in [2.05, 4.69) is 20.3 Å². The Balaban J connectivity index is 1.98. The molecular formula is C12H22. The fourth-order valence-corrected chi connectivity index (χ4v) is 1.99. The van der Waals surface area contributed by atoms with Gasteiger partial charge in [0.05, 0.1) is 0 Å². The van der Waals surface area contributed by atoms with Crippen molar-refractivity contribution in [2.45, 2.75) is 51.9 Å². The quantitative estimate of drug-likeness (QED) is 0.591. The average Bonchev–Trinajstić information content (AvgIpc) is 2.05. The molecule has 0 saturated heterocycles. The third-order valence-electron chi connectivity index (χ3n) is 2.81. The zero-order valence-electron chi connectivity index (χ0n) is 8.39. The molecule has 0 N–H and O–H groups in total. The Bertz CT molecular complexity index is 98.6. The van der Waals surface area contributed by atoms with E-state index in [0.717, 1.165) is 5.92 Å². The largest absolute Gasteiger partial charge is 0.0625 e. The van der Waals surface area contributed by atoms with Gasteiger partial charge in [0, 0.05) is 0 Å². The first kappa shape index (κ1) is 10.1. The minimum Gasteiger partial charge on any atom is -0.0625 e. The van der Waals surface area contributed by atoms with Gasteiger partial charge in [-0.2, -0.15) is 0 Å². The molecule has 1 aliphatic carbocycles. The minimum atomic E-state index is 0.629. The van der Waals surface area contributed by atoms with Gasteiger partial charge in [0.1, 0.15) is 0 Å².